The van der Waals surface area contributed by atoms with Crippen molar-refractivity contribution in [3.05, 3.63) is 72.3 Å². The van der Waals surface area contributed by atoms with E-state index in [4.69, 9.17) is 8.83 Å². The van der Waals surface area contributed by atoms with Crippen LogP contribution in [0.4, 0.5) is 11.4 Å². The van der Waals surface area contributed by atoms with Crippen LogP contribution < -0.4 is 9.80 Å². The van der Waals surface area contributed by atoms with E-state index in [0.717, 1.165) is 99.3 Å². The molecule has 0 atom stereocenters. The van der Waals surface area contributed by atoms with E-state index in [0.29, 0.717) is 0 Å². The third kappa shape index (κ3) is 4.78. The third-order valence-electron chi connectivity index (χ3n) is 12.0. The Bertz CT molecular complexity index is 2260. The van der Waals surface area contributed by atoms with Crippen LogP contribution >= 0.6 is 0 Å². The monoisotopic (exact) mass is 622 g/mol. The Kier molecular flexibility index (Phi) is 6.75. The van der Waals surface area contributed by atoms with Crippen LogP contribution in [-0.4, -0.2) is 26.2 Å². The topological polar surface area (TPSA) is 32.8 Å². The molecule has 9 rings (SSSR count). The Hall–Kier alpha value is -4.18. The molecule has 4 nitrogen and oxygen atoms in total. The number of piperidine rings is 2. The van der Waals surface area contributed by atoms with Crippen molar-refractivity contribution in [1.29, 1.82) is 0 Å². The molecule has 0 bridgehead atoms. The van der Waals surface area contributed by atoms with Gasteiger partial charge in [-0.3, -0.25) is 0 Å². The van der Waals surface area contributed by atoms with Gasteiger partial charge >= 0.3 is 0 Å². The summed E-state index contributed by atoms with van der Waals surface area (Å²) in [5.74, 6) is 3.23. The van der Waals surface area contributed by atoms with E-state index in [1.165, 1.54) is 58.6 Å². The Morgan fingerprint density at radius 2 is 1.04 bits per heavy atom. The second-order valence-corrected chi connectivity index (χ2v) is 15.4. The fraction of sp³-hybridized carbons (Fsp3) is 0.395. The molecule has 0 amide bonds. The highest BCUT2D eigenvalue weighted by atomic mass is 16.3. The zero-order valence-electron chi connectivity index (χ0n) is 28.5. The second kappa shape index (κ2) is 10.9. The molecule has 2 aliphatic rings. The first-order chi connectivity index (χ1) is 22.8. The van der Waals surface area contributed by atoms with Gasteiger partial charge in [-0.25, -0.2) is 0 Å². The molecular formula is C43H46N2O2. The predicted octanol–water partition coefficient (Wildman–Crippen LogP) is 11.8. The van der Waals surface area contributed by atoms with Gasteiger partial charge in [-0.05, 0) is 132 Å². The Labute approximate surface area is 277 Å². The number of benzene rings is 5. The smallest absolute Gasteiger partial charge is 0.139 e. The van der Waals surface area contributed by atoms with E-state index < -0.39 is 0 Å². The van der Waals surface area contributed by atoms with Gasteiger partial charge in [0.2, 0.25) is 0 Å². The van der Waals surface area contributed by atoms with Crippen molar-refractivity contribution in [2.45, 2.75) is 60.3 Å². The summed E-state index contributed by atoms with van der Waals surface area (Å²) in [6.07, 6.45) is 5.12. The minimum atomic E-state index is 0.772. The fourth-order valence-corrected chi connectivity index (χ4v) is 8.89. The molecule has 0 unspecified atom stereocenters. The van der Waals surface area contributed by atoms with Crippen molar-refractivity contribution < 1.29 is 8.83 Å². The minimum absolute atomic E-state index is 0.772. The van der Waals surface area contributed by atoms with Gasteiger partial charge in [0.15, 0.2) is 0 Å². The first kappa shape index (κ1) is 29.0. The van der Waals surface area contributed by atoms with Crippen LogP contribution in [0, 0.1) is 30.6 Å². The summed E-state index contributed by atoms with van der Waals surface area (Å²) in [5.41, 5.74) is 7.57. The van der Waals surface area contributed by atoms with E-state index in [-0.39, 0.29) is 0 Å². The molecule has 4 heteroatoms. The highest BCUT2D eigenvalue weighted by molar-refractivity contribution is 6.20. The quantitative estimate of drug-likeness (QED) is 0.195. The van der Waals surface area contributed by atoms with E-state index in [9.17, 15) is 0 Å². The van der Waals surface area contributed by atoms with Crippen LogP contribution in [-0.2, 0) is 0 Å². The van der Waals surface area contributed by atoms with Crippen molar-refractivity contribution in [1.82, 2.24) is 0 Å². The van der Waals surface area contributed by atoms with E-state index in [1.807, 2.05) is 0 Å². The van der Waals surface area contributed by atoms with Crippen molar-refractivity contribution in [2.75, 3.05) is 36.0 Å². The molecule has 240 valence electrons. The number of hydrogen-bond acceptors (Lipinski definition) is 4. The summed E-state index contributed by atoms with van der Waals surface area (Å²) in [5, 5.41) is 9.57. The Balaban J connectivity index is 1.08. The van der Waals surface area contributed by atoms with Gasteiger partial charge in [0.25, 0.3) is 0 Å². The molecule has 47 heavy (non-hydrogen) atoms. The van der Waals surface area contributed by atoms with Crippen molar-refractivity contribution in [3.63, 3.8) is 0 Å². The van der Waals surface area contributed by atoms with Gasteiger partial charge < -0.3 is 18.6 Å². The Morgan fingerprint density at radius 3 is 1.57 bits per heavy atom. The normalized spacial score (nSPS) is 17.3. The van der Waals surface area contributed by atoms with Crippen LogP contribution in [0.5, 0.6) is 0 Å². The second-order valence-electron chi connectivity index (χ2n) is 15.4. The number of rotatable bonds is 4. The zero-order chi connectivity index (χ0) is 32.0. The van der Waals surface area contributed by atoms with Crippen molar-refractivity contribution in [2.24, 2.45) is 23.7 Å². The van der Waals surface area contributed by atoms with Crippen LogP contribution in [0.1, 0.15) is 58.9 Å². The number of anilines is 2. The summed E-state index contributed by atoms with van der Waals surface area (Å²) < 4.78 is 13.3. The fourth-order valence-electron chi connectivity index (χ4n) is 8.89. The highest BCUT2D eigenvalue weighted by Crippen LogP contribution is 2.42. The molecule has 7 aromatic rings. The van der Waals surface area contributed by atoms with Crippen molar-refractivity contribution in [3.8, 4) is 0 Å². The van der Waals surface area contributed by atoms with Gasteiger partial charge in [0.05, 0.1) is 0 Å². The molecule has 5 aromatic carbocycles. The molecular weight excluding hydrogens is 576 g/mol. The average Bonchev–Trinajstić information content (AvgIpc) is 3.63. The molecule has 0 saturated carbocycles. The lowest BCUT2D eigenvalue weighted by Crippen LogP contribution is -2.35. The number of fused-ring (bicyclic) bond motifs is 8. The van der Waals surface area contributed by atoms with E-state index in [2.05, 4.69) is 111 Å². The molecule has 0 aliphatic carbocycles. The lowest BCUT2D eigenvalue weighted by molar-refractivity contribution is 0.311. The van der Waals surface area contributed by atoms with Crippen LogP contribution in [0.2, 0.25) is 0 Å². The minimum Gasteiger partial charge on any atom is -0.456 e. The van der Waals surface area contributed by atoms with Gasteiger partial charge in [-0.2, -0.15) is 0 Å². The summed E-state index contributed by atoms with van der Waals surface area (Å²) in [7, 11) is 0. The molecule has 2 aliphatic heterocycles. The zero-order valence-corrected chi connectivity index (χ0v) is 28.5. The molecule has 0 radical (unpaired) electrons. The van der Waals surface area contributed by atoms with Crippen LogP contribution in [0.3, 0.4) is 0 Å². The Morgan fingerprint density at radius 1 is 0.532 bits per heavy atom. The SMILES string of the molecule is Cc1c2oc3cc4cc(N5CCC(C(C)C)CC5)ccc4cc3c2cc2oc3cc4cc(N5CCC(C(C)C)CC5)ccc4cc3c12. The molecule has 2 fully saturated rings. The number of hydrogen-bond donors (Lipinski definition) is 0. The first-order valence-corrected chi connectivity index (χ1v) is 18.0. The van der Waals surface area contributed by atoms with Crippen LogP contribution in [0.25, 0.3) is 65.4 Å². The van der Waals surface area contributed by atoms with Gasteiger partial charge in [-0.1, -0.05) is 39.8 Å². The van der Waals surface area contributed by atoms with Crippen LogP contribution in [0.15, 0.2) is 75.6 Å². The maximum atomic E-state index is 6.68. The van der Waals surface area contributed by atoms with E-state index >= 15 is 0 Å². The summed E-state index contributed by atoms with van der Waals surface area (Å²) in [6.45, 7) is 16.2. The first-order valence-electron chi connectivity index (χ1n) is 18.0. The molecule has 0 spiro atoms. The largest absolute Gasteiger partial charge is 0.456 e. The maximum Gasteiger partial charge on any atom is 0.139 e. The molecule has 4 heterocycles. The lowest BCUT2D eigenvalue weighted by atomic mass is 9.86. The van der Waals surface area contributed by atoms with Gasteiger partial charge in [0.1, 0.15) is 22.3 Å². The average molecular weight is 623 g/mol. The lowest BCUT2D eigenvalue weighted by Gasteiger charge is -2.35. The van der Waals surface area contributed by atoms with Gasteiger partial charge in [-0.15, -0.1) is 0 Å². The third-order valence-corrected chi connectivity index (χ3v) is 12.0. The maximum absolute atomic E-state index is 6.68. The standard InChI is InChI=1S/C43H46N2O2/c1-25(2)28-10-14-44(15-11-28)34-8-6-30-20-36-37-24-41-42(27(5)43(37)47-39(36)22-32(30)18-34)38-21-31-7-9-35(19-33(31)23-40(38)46-41)45-16-12-29(13-17-45)26(3)4/h6-9,18-26,28-29H,10-17H2,1-5H3. The molecule has 0 N–H and O–H groups in total. The molecule has 2 saturated heterocycles. The summed E-state index contributed by atoms with van der Waals surface area (Å²) >= 11 is 0. The van der Waals surface area contributed by atoms with Crippen molar-refractivity contribution >= 4 is 76.8 Å². The number of nitrogens with zero attached hydrogens (tertiary/aromatic N) is 2. The highest BCUT2D eigenvalue weighted by Gasteiger charge is 2.24. The number of aryl methyl sites for hydroxylation is 1. The summed E-state index contributed by atoms with van der Waals surface area (Å²) in [4.78, 5) is 5.12. The van der Waals surface area contributed by atoms with E-state index in [1.54, 1.807) is 0 Å². The van der Waals surface area contributed by atoms with Gasteiger partial charge in [0, 0.05) is 64.7 Å². The number of furan rings is 2. The molecule has 2 aromatic heterocycles. The summed E-state index contributed by atoms with van der Waals surface area (Å²) in [6, 6.07) is 25.2. The predicted molar refractivity (Wildman–Crippen MR) is 200 cm³/mol.